The number of halogens is 1. The van der Waals surface area contributed by atoms with E-state index in [2.05, 4.69) is 0 Å². The third kappa shape index (κ3) is 2.82. The molecule has 124 valence electrons. The van der Waals surface area contributed by atoms with Crippen molar-refractivity contribution in [1.29, 1.82) is 0 Å². The maximum absolute atomic E-state index is 13.7. The Morgan fingerprint density at radius 3 is 2.67 bits per heavy atom. The number of rotatable bonds is 3. The minimum atomic E-state index is -0.248. The van der Waals surface area contributed by atoms with Crippen LogP contribution in [0.4, 0.5) is 4.39 Å². The molecule has 2 aromatic rings. The second kappa shape index (κ2) is 6.15. The van der Waals surface area contributed by atoms with Gasteiger partial charge in [0.1, 0.15) is 5.82 Å². The van der Waals surface area contributed by atoms with E-state index in [1.54, 1.807) is 18.2 Å². The maximum atomic E-state index is 13.7. The molecule has 2 aliphatic heterocycles. The fourth-order valence-corrected chi connectivity index (χ4v) is 3.26. The minimum Gasteiger partial charge on any atom is -0.454 e. The summed E-state index contributed by atoms with van der Waals surface area (Å²) >= 11 is 0. The summed E-state index contributed by atoms with van der Waals surface area (Å²) in [6, 6.07) is 10.6. The molecule has 0 fully saturated rings. The monoisotopic (exact) mass is 327 g/mol. The van der Waals surface area contributed by atoms with Crippen molar-refractivity contribution in [3.8, 4) is 11.5 Å². The third-order valence-corrected chi connectivity index (χ3v) is 4.63. The van der Waals surface area contributed by atoms with Crippen LogP contribution in [0, 0.1) is 5.82 Å². The molecule has 0 aliphatic carbocycles. The number of amides is 1. The van der Waals surface area contributed by atoms with E-state index in [4.69, 9.17) is 9.47 Å². The first-order valence-electron chi connectivity index (χ1n) is 8.13. The van der Waals surface area contributed by atoms with Gasteiger partial charge < -0.3 is 14.4 Å². The van der Waals surface area contributed by atoms with Crippen LogP contribution in [0.25, 0.3) is 0 Å². The van der Waals surface area contributed by atoms with Gasteiger partial charge in [0.15, 0.2) is 11.5 Å². The van der Waals surface area contributed by atoms with Gasteiger partial charge >= 0.3 is 0 Å². The smallest absolute Gasteiger partial charge is 0.231 e. The van der Waals surface area contributed by atoms with Crippen LogP contribution in [-0.4, -0.2) is 24.1 Å². The molecular formula is C19H18FNO3. The Morgan fingerprint density at radius 2 is 1.88 bits per heavy atom. The summed E-state index contributed by atoms with van der Waals surface area (Å²) in [6.45, 7) is 1.51. The quantitative estimate of drug-likeness (QED) is 0.870. The van der Waals surface area contributed by atoms with E-state index in [1.807, 2.05) is 17.0 Å². The molecule has 2 aliphatic rings. The van der Waals surface area contributed by atoms with E-state index in [0.29, 0.717) is 31.5 Å². The molecule has 4 rings (SSSR count). The van der Waals surface area contributed by atoms with Crippen LogP contribution in [0.3, 0.4) is 0 Å². The highest BCUT2D eigenvalue weighted by molar-refractivity contribution is 5.77. The number of aryl methyl sites for hydroxylation is 1. The van der Waals surface area contributed by atoms with Gasteiger partial charge in [0.25, 0.3) is 0 Å². The Balaban J connectivity index is 1.42. The Kier molecular flexibility index (Phi) is 3.84. The standard InChI is InChI=1S/C19H18FNO3/c20-16-4-2-1-3-13(16)5-6-19(22)21-8-7-14-9-17-18(24-12-23-17)10-15(14)11-21/h1-4,9-10H,5-8,11-12H2. The molecule has 4 nitrogen and oxygen atoms in total. The SMILES string of the molecule is O=C(CCc1ccccc1F)N1CCc2cc3c(cc2C1)OCO3. The van der Waals surface area contributed by atoms with Crippen LogP contribution in [0.15, 0.2) is 36.4 Å². The highest BCUT2D eigenvalue weighted by Gasteiger charge is 2.24. The maximum Gasteiger partial charge on any atom is 0.231 e. The van der Waals surface area contributed by atoms with Crippen LogP contribution in [0.1, 0.15) is 23.1 Å². The number of hydrogen-bond acceptors (Lipinski definition) is 3. The van der Waals surface area contributed by atoms with Crippen molar-refractivity contribution < 1.29 is 18.7 Å². The Morgan fingerprint density at radius 1 is 1.12 bits per heavy atom. The Bertz CT molecular complexity index is 790. The van der Waals surface area contributed by atoms with Crippen LogP contribution >= 0.6 is 0 Å². The molecule has 0 radical (unpaired) electrons. The first-order valence-corrected chi connectivity index (χ1v) is 8.13. The Hall–Kier alpha value is -2.56. The van der Waals surface area contributed by atoms with E-state index in [1.165, 1.54) is 11.6 Å². The fourth-order valence-electron chi connectivity index (χ4n) is 3.26. The average molecular weight is 327 g/mol. The van der Waals surface area contributed by atoms with Gasteiger partial charge in [0, 0.05) is 19.5 Å². The van der Waals surface area contributed by atoms with Crippen molar-refractivity contribution in [2.75, 3.05) is 13.3 Å². The molecule has 1 amide bonds. The number of nitrogens with zero attached hydrogens (tertiary/aromatic N) is 1. The van der Waals surface area contributed by atoms with Crippen LogP contribution < -0.4 is 9.47 Å². The van der Waals surface area contributed by atoms with E-state index >= 15 is 0 Å². The number of fused-ring (bicyclic) bond motifs is 2. The van der Waals surface area contributed by atoms with Crippen molar-refractivity contribution >= 4 is 5.91 Å². The summed E-state index contributed by atoms with van der Waals surface area (Å²) in [7, 11) is 0. The van der Waals surface area contributed by atoms with E-state index in [9.17, 15) is 9.18 Å². The van der Waals surface area contributed by atoms with Gasteiger partial charge in [-0.3, -0.25) is 4.79 Å². The molecule has 0 spiro atoms. The van der Waals surface area contributed by atoms with Gasteiger partial charge in [-0.15, -0.1) is 0 Å². The van der Waals surface area contributed by atoms with Crippen LogP contribution in [0.2, 0.25) is 0 Å². The van der Waals surface area contributed by atoms with Gasteiger partial charge in [-0.25, -0.2) is 4.39 Å². The van der Waals surface area contributed by atoms with Gasteiger partial charge in [0.05, 0.1) is 0 Å². The topological polar surface area (TPSA) is 38.8 Å². The summed E-state index contributed by atoms with van der Waals surface area (Å²) in [5.41, 5.74) is 2.90. The molecule has 0 atom stereocenters. The lowest BCUT2D eigenvalue weighted by Crippen LogP contribution is -2.36. The molecule has 0 bridgehead atoms. The number of hydrogen-bond donors (Lipinski definition) is 0. The fraction of sp³-hybridized carbons (Fsp3) is 0.316. The lowest BCUT2D eigenvalue weighted by molar-refractivity contribution is -0.132. The first kappa shape index (κ1) is 15.0. The van der Waals surface area contributed by atoms with Crippen molar-refractivity contribution in [3.63, 3.8) is 0 Å². The second-order valence-corrected chi connectivity index (χ2v) is 6.13. The number of carbonyl (C=O) groups excluding carboxylic acids is 1. The predicted molar refractivity (Wildman–Crippen MR) is 86.4 cm³/mol. The molecule has 0 saturated heterocycles. The van der Waals surface area contributed by atoms with E-state index in [0.717, 1.165) is 23.5 Å². The number of ether oxygens (including phenoxy) is 2. The second-order valence-electron chi connectivity index (χ2n) is 6.13. The zero-order valence-corrected chi connectivity index (χ0v) is 13.3. The van der Waals surface area contributed by atoms with Crippen LogP contribution in [-0.2, 0) is 24.2 Å². The summed E-state index contributed by atoms with van der Waals surface area (Å²) in [4.78, 5) is 14.3. The summed E-state index contributed by atoms with van der Waals surface area (Å²) in [5.74, 6) is 1.34. The van der Waals surface area contributed by atoms with Gasteiger partial charge in [0.2, 0.25) is 12.7 Å². The molecule has 0 aromatic heterocycles. The van der Waals surface area contributed by atoms with Crippen molar-refractivity contribution in [2.24, 2.45) is 0 Å². The third-order valence-electron chi connectivity index (χ3n) is 4.63. The van der Waals surface area contributed by atoms with Crippen LogP contribution in [0.5, 0.6) is 11.5 Å². The lowest BCUT2D eigenvalue weighted by Gasteiger charge is -2.29. The predicted octanol–water partition coefficient (Wildman–Crippen LogP) is 3.07. The zero-order valence-electron chi connectivity index (χ0n) is 13.3. The normalized spacial score (nSPS) is 15.3. The molecule has 2 aromatic carbocycles. The molecule has 0 saturated carbocycles. The van der Waals surface area contributed by atoms with Gasteiger partial charge in [-0.2, -0.15) is 0 Å². The first-order chi connectivity index (χ1) is 11.7. The minimum absolute atomic E-state index is 0.0570. The van der Waals surface area contributed by atoms with Crippen molar-refractivity contribution in [1.82, 2.24) is 4.90 Å². The zero-order chi connectivity index (χ0) is 16.5. The summed E-state index contributed by atoms with van der Waals surface area (Å²) < 4.78 is 24.5. The number of carbonyl (C=O) groups is 1. The van der Waals surface area contributed by atoms with Gasteiger partial charge in [-0.05, 0) is 47.7 Å². The molecule has 0 N–H and O–H groups in total. The van der Waals surface area contributed by atoms with Crippen molar-refractivity contribution in [2.45, 2.75) is 25.8 Å². The van der Waals surface area contributed by atoms with E-state index < -0.39 is 0 Å². The van der Waals surface area contributed by atoms with Gasteiger partial charge in [-0.1, -0.05) is 18.2 Å². The Labute approximate surface area is 139 Å². The molecule has 24 heavy (non-hydrogen) atoms. The molecule has 5 heteroatoms. The van der Waals surface area contributed by atoms with E-state index in [-0.39, 0.29) is 18.5 Å². The highest BCUT2D eigenvalue weighted by Crippen LogP contribution is 2.36. The lowest BCUT2D eigenvalue weighted by atomic mass is 9.98. The number of benzene rings is 2. The molecule has 2 heterocycles. The summed E-state index contributed by atoms with van der Waals surface area (Å²) in [5, 5.41) is 0. The largest absolute Gasteiger partial charge is 0.454 e. The highest BCUT2D eigenvalue weighted by atomic mass is 19.1. The molecular weight excluding hydrogens is 309 g/mol. The van der Waals surface area contributed by atoms with Crippen molar-refractivity contribution in [3.05, 3.63) is 58.9 Å². The average Bonchev–Trinajstić information content (AvgIpc) is 3.05. The summed E-state index contributed by atoms with van der Waals surface area (Å²) in [6.07, 6.45) is 1.55. The molecule has 0 unspecified atom stereocenters.